The predicted octanol–water partition coefficient (Wildman–Crippen LogP) is 4.53. The largest absolute Gasteiger partial charge is 0.282 e. The highest BCUT2D eigenvalue weighted by Crippen LogP contribution is 2.18. The number of benzene rings is 3. The Morgan fingerprint density at radius 1 is 0.680 bits per heavy atom. The highest BCUT2D eigenvalue weighted by molar-refractivity contribution is 7.90. The number of hydrogen-bond acceptors (Lipinski definition) is 2. The topological polar surface area (TPSA) is 46.5 Å². The zero-order valence-electron chi connectivity index (χ0n) is 14.2. The third kappa shape index (κ3) is 4.03. The molecular weight excluding hydrogens is 330 g/mol. The van der Waals surface area contributed by atoms with Crippen molar-refractivity contribution in [3.63, 3.8) is 0 Å². The van der Waals surface area contributed by atoms with E-state index in [4.69, 9.17) is 0 Å². The van der Waals surface area contributed by atoms with Crippen LogP contribution in [0, 0.1) is 13.8 Å². The van der Waals surface area contributed by atoms with E-state index in [-0.39, 0.29) is 4.90 Å². The first-order valence-corrected chi connectivity index (χ1v) is 9.44. The lowest BCUT2D eigenvalue weighted by Gasteiger charge is -2.09. The molecule has 0 atom stereocenters. The summed E-state index contributed by atoms with van der Waals surface area (Å²) in [5, 5.41) is 0. The minimum Gasteiger partial charge on any atom is -0.199 e. The van der Waals surface area contributed by atoms with E-state index in [1.807, 2.05) is 68.4 Å². The van der Waals surface area contributed by atoms with Crippen molar-refractivity contribution in [3.8, 4) is 0 Å². The molecule has 0 N–H and O–H groups in total. The van der Waals surface area contributed by atoms with Crippen LogP contribution in [-0.4, -0.2) is 14.1 Å². The second-order valence-electron chi connectivity index (χ2n) is 5.96. The van der Waals surface area contributed by atoms with Gasteiger partial charge < -0.3 is 0 Å². The standard InChI is InChI=1S/C21H19NO2S/c1-16-8-12-19(13-9-16)21(18-6-4-3-5-7-18)22-25(23,24)20-14-10-17(2)11-15-20/h3-15H,1-2H3/b22-21+. The third-order valence-electron chi connectivity index (χ3n) is 3.90. The SMILES string of the molecule is Cc1ccc(/C(=N/S(=O)(=O)c2ccc(C)cc2)c2ccccc2)cc1. The van der Waals surface area contributed by atoms with E-state index < -0.39 is 10.0 Å². The fourth-order valence-corrected chi connectivity index (χ4v) is 3.50. The lowest BCUT2D eigenvalue weighted by Crippen LogP contribution is -2.08. The minimum atomic E-state index is -3.79. The Labute approximate surface area is 148 Å². The van der Waals surface area contributed by atoms with Gasteiger partial charge in [0.15, 0.2) is 0 Å². The molecule has 0 amide bonds. The van der Waals surface area contributed by atoms with Crippen LogP contribution in [-0.2, 0) is 10.0 Å². The summed E-state index contributed by atoms with van der Waals surface area (Å²) < 4.78 is 29.7. The number of rotatable bonds is 4. The van der Waals surface area contributed by atoms with Gasteiger partial charge >= 0.3 is 0 Å². The van der Waals surface area contributed by atoms with E-state index in [9.17, 15) is 8.42 Å². The van der Waals surface area contributed by atoms with Crippen LogP contribution < -0.4 is 0 Å². The van der Waals surface area contributed by atoms with E-state index in [0.29, 0.717) is 5.71 Å². The molecule has 0 heterocycles. The van der Waals surface area contributed by atoms with Crippen LogP contribution in [0.15, 0.2) is 88.2 Å². The summed E-state index contributed by atoms with van der Waals surface area (Å²) in [5.74, 6) is 0. The number of hydrogen-bond donors (Lipinski definition) is 0. The number of aryl methyl sites for hydroxylation is 2. The molecule has 0 aliphatic rings. The average molecular weight is 349 g/mol. The Bertz CT molecular complexity index is 988. The van der Waals surface area contributed by atoms with Gasteiger partial charge in [0.2, 0.25) is 0 Å². The maximum Gasteiger partial charge on any atom is 0.282 e. The van der Waals surface area contributed by atoms with Crippen LogP contribution in [0.4, 0.5) is 0 Å². The van der Waals surface area contributed by atoms with Crippen molar-refractivity contribution < 1.29 is 8.42 Å². The van der Waals surface area contributed by atoms with Crippen molar-refractivity contribution in [2.45, 2.75) is 18.7 Å². The van der Waals surface area contributed by atoms with Gasteiger partial charge in [-0.1, -0.05) is 77.9 Å². The van der Waals surface area contributed by atoms with Crippen LogP contribution >= 0.6 is 0 Å². The summed E-state index contributed by atoms with van der Waals surface area (Å²) in [5.41, 5.74) is 4.10. The molecule has 0 unspecified atom stereocenters. The molecule has 0 radical (unpaired) electrons. The van der Waals surface area contributed by atoms with Gasteiger partial charge in [-0.2, -0.15) is 12.8 Å². The average Bonchev–Trinajstić information content (AvgIpc) is 2.62. The number of nitrogens with zero attached hydrogens (tertiary/aromatic N) is 1. The third-order valence-corrected chi connectivity index (χ3v) is 5.19. The zero-order valence-corrected chi connectivity index (χ0v) is 15.0. The fraction of sp³-hybridized carbons (Fsp3) is 0.0952. The first kappa shape index (κ1) is 17.1. The first-order valence-electron chi connectivity index (χ1n) is 8.00. The highest BCUT2D eigenvalue weighted by atomic mass is 32.2. The second-order valence-corrected chi connectivity index (χ2v) is 7.56. The normalized spacial score (nSPS) is 12.2. The molecule has 0 aliphatic carbocycles. The number of sulfonamides is 1. The quantitative estimate of drug-likeness (QED) is 0.650. The molecule has 4 heteroatoms. The van der Waals surface area contributed by atoms with Gasteiger partial charge in [0.25, 0.3) is 10.0 Å². The lowest BCUT2D eigenvalue weighted by atomic mass is 10.0. The summed E-state index contributed by atoms with van der Waals surface area (Å²) in [6, 6.07) is 23.8. The van der Waals surface area contributed by atoms with E-state index in [1.165, 1.54) is 0 Å². The van der Waals surface area contributed by atoms with Crippen molar-refractivity contribution in [2.24, 2.45) is 4.40 Å². The van der Waals surface area contributed by atoms with Gasteiger partial charge in [-0.3, -0.25) is 0 Å². The Morgan fingerprint density at radius 2 is 1.16 bits per heavy atom. The molecule has 0 aliphatic heterocycles. The van der Waals surface area contributed by atoms with Gasteiger partial charge in [0, 0.05) is 11.1 Å². The second kappa shape index (κ2) is 7.03. The summed E-state index contributed by atoms with van der Waals surface area (Å²) in [4.78, 5) is 0.193. The zero-order chi connectivity index (χ0) is 17.9. The van der Waals surface area contributed by atoms with Gasteiger partial charge in [-0.05, 0) is 26.0 Å². The smallest absolute Gasteiger partial charge is 0.199 e. The maximum absolute atomic E-state index is 12.8. The van der Waals surface area contributed by atoms with Crippen LogP contribution in [0.1, 0.15) is 22.3 Å². The lowest BCUT2D eigenvalue weighted by molar-refractivity contribution is 0.598. The Morgan fingerprint density at radius 3 is 1.72 bits per heavy atom. The molecule has 0 fully saturated rings. The van der Waals surface area contributed by atoms with E-state index >= 15 is 0 Å². The predicted molar refractivity (Wildman–Crippen MR) is 102 cm³/mol. The molecule has 3 nitrogen and oxygen atoms in total. The van der Waals surface area contributed by atoms with Gasteiger partial charge in [-0.25, -0.2) is 0 Å². The minimum absolute atomic E-state index is 0.193. The molecule has 0 saturated heterocycles. The van der Waals surface area contributed by atoms with E-state index in [2.05, 4.69) is 4.40 Å². The van der Waals surface area contributed by atoms with E-state index in [1.54, 1.807) is 24.3 Å². The molecule has 0 aromatic heterocycles. The maximum atomic E-state index is 12.8. The summed E-state index contributed by atoms with van der Waals surface area (Å²) >= 11 is 0. The summed E-state index contributed by atoms with van der Waals surface area (Å²) in [6.07, 6.45) is 0. The summed E-state index contributed by atoms with van der Waals surface area (Å²) in [7, 11) is -3.79. The van der Waals surface area contributed by atoms with Crippen LogP contribution in [0.5, 0.6) is 0 Å². The van der Waals surface area contributed by atoms with Crippen molar-refractivity contribution in [3.05, 3.63) is 101 Å². The van der Waals surface area contributed by atoms with Gasteiger partial charge in [0.1, 0.15) is 0 Å². The molecule has 0 saturated carbocycles. The van der Waals surface area contributed by atoms with Crippen LogP contribution in [0.3, 0.4) is 0 Å². The molecule has 3 aromatic carbocycles. The highest BCUT2D eigenvalue weighted by Gasteiger charge is 2.16. The van der Waals surface area contributed by atoms with Crippen LogP contribution in [0.25, 0.3) is 0 Å². The molecule has 0 bridgehead atoms. The van der Waals surface area contributed by atoms with Crippen LogP contribution in [0.2, 0.25) is 0 Å². The Hall–Kier alpha value is -2.72. The van der Waals surface area contributed by atoms with Gasteiger partial charge in [0.05, 0.1) is 10.6 Å². The first-order chi connectivity index (χ1) is 12.0. The van der Waals surface area contributed by atoms with Crippen molar-refractivity contribution >= 4 is 15.7 Å². The van der Waals surface area contributed by atoms with Crippen molar-refractivity contribution in [1.82, 2.24) is 0 Å². The van der Waals surface area contributed by atoms with Crippen molar-refractivity contribution in [2.75, 3.05) is 0 Å². The fourth-order valence-electron chi connectivity index (χ4n) is 2.46. The van der Waals surface area contributed by atoms with Crippen molar-refractivity contribution in [1.29, 1.82) is 0 Å². The molecule has 126 valence electrons. The Kier molecular flexibility index (Phi) is 4.81. The van der Waals surface area contributed by atoms with Gasteiger partial charge in [-0.15, -0.1) is 0 Å². The summed E-state index contributed by atoms with van der Waals surface area (Å²) in [6.45, 7) is 3.91. The Balaban J connectivity index is 2.15. The molecular formula is C21H19NO2S. The molecule has 3 rings (SSSR count). The molecule has 3 aromatic rings. The monoisotopic (exact) mass is 349 g/mol. The molecule has 25 heavy (non-hydrogen) atoms. The molecule has 0 spiro atoms. The van der Waals surface area contributed by atoms with E-state index in [0.717, 1.165) is 22.3 Å².